The topological polar surface area (TPSA) is 97.2 Å². The first-order chi connectivity index (χ1) is 7.46. The van der Waals surface area contributed by atoms with E-state index in [1.807, 2.05) is 11.9 Å². The van der Waals surface area contributed by atoms with Crippen LogP contribution in [0.4, 0.5) is 0 Å². The van der Waals surface area contributed by atoms with Crippen molar-refractivity contribution in [2.45, 2.75) is 24.9 Å². The predicted molar refractivity (Wildman–Crippen MR) is 45.7 cm³/mol. The molecule has 92 valence electrons. The highest BCUT2D eigenvalue weighted by Gasteiger charge is 2.42. The first-order valence-electron chi connectivity index (χ1n) is 5.06. The molecule has 0 N–H and O–H groups in total. The van der Waals surface area contributed by atoms with Crippen LogP contribution in [-0.2, 0) is 4.39 Å². The number of halogens is 1. The number of nitrogens with zero attached hydrogens (tertiary/aromatic N) is 3. The van der Waals surface area contributed by atoms with Crippen LogP contribution in [0.5, 0.6) is 0 Å². The van der Waals surface area contributed by atoms with Gasteiger partial charge < -0.3 is 4.90 Å². The Morgan fingerprint density at radius 3 is 2.88 bits per heavy atom. The largest absolute Gasteiger partial charge is 0.364 e. The fraction of sp³-hybridized carbons (Fsp3) is 0.875. The van der Waals surface area contributed by atoms with E-state index in [0.29, 0.717) is 13.1 Å². The Morgan fingerprint density at radius 1 is 1.44 bits per heavy atom. The number of hydrogen-bond acceptors (Lipinski definition) is 7. The molecule has 0 aliphatic carbocycles. The number of aliphatic imine (C=N–C) groups is 1. The lowest BCUT2D eigenvalue weighted by Crippen LogP contribution is -2.66. The van der Waals surface area contributed by atoms with E-state index in [4.69, 9.17) is 0 Å². The van der Waals surface area contributed by atoms with Crippen molar-refractivity contribution >= 4 is 6.34 Å². The number of piperidine rings is 1. The summed E-state index contributed by atoms with van der Waals surface area (Å²) in [4.78, 5) is 6.14. The molecule has 7 nitrogen and oxygen atoms in total. The summed E-state index contributed by atoms with van der Waals surface area (Å²) in [6.07, 6.45) is 3.39. The fourth-order valence-corrected chi connectivity index (χ4v) is 2.52. The summed E-state index contributed by atoms with van der Waals surface area (Å²) >= 11 is 0. The summed E-state index contributed by atoms with van der Waals surface area (Å²) in [5.41, 5.74) is 0. The van der Waals surface area contributed by atoms with E-state index < -0.39 is 10.2 Å². The average Bonchev–Trinajstić information content (AvgIpc) is 2.17. The van der Waals surface area contributed by atoms with Gasteiger partial charge in [0.25, 0.3) is 0 Å². The third kappa shape index (κ3) is 2.82. The van der Waals surface area contributed by atoms with Crippen molar-refractivity contribution in [2.24, 2.45) is 4.99 Å². The molecule has 0 bridgehead atoms. The fourth-order valence-electron chi connectivity index (χ4n) is 2.13. The molecule has 0 saturated carbocycles. The Balaban J connectivity index is 2.05. The third-order valence-corrected chi connectivity index (χ3v) is 3.14. The first-order valence-corrected chi connectivity index (χ1v) is 6.30. The number of hydroxylamine groups is 2. The van der Waals surface area contributed by atoms with Crippen molar-refractivity contribution in [3.8, 4) is 0 Å². The van der Waals surface area contributed by atoms with Gasteiger partial charge in [0.05, 0.1) is 18.4 Å². The minimum absolute atomic E-state index is 0.0156. The Morgan fingerprint density at radius 2 is 2.19 bits per heavy atom. The van der Waals surface area contributed by atoms with Crippen LogP contribution in [0.2, 0.25) is 0 Å². The summed E-state index contributed by atoms with van der Waals surface area (Å²) < 4.78 is 36.1. The zero-order chi connectivity index (χ0) is 11.8. The highest BCUT2D eigenvalue weighted by atomic mass is 35.7. The lowest BCUT2D eigenvalue weighted by Gasteiger charge is -2.39. The summed E-state index contributed by atoms with van der Waals surface area (Å²) in [6.45, 7) is 1.05. The molecule has 0 radical (unpaired) electrons. The van der Waals surface area contributed by atoms with Gasteiger partial charge in [-0.2, -0.15) is 14.0 Å². The van der Waals surface area contributed by atoms with Gasteiger partial charge >= 0.3 is 0 Å². The van der Waals surface area contributed by atoms with Crippen LogP contribution in [0.25, 0.3) is 0 Å². The van der Waals surface area contributed by atoms with E-state index >= 15 is 0 Å². The van der Waals surface area contributed by atoms with Crippen molar-refractivity contribution < 1.29 is 28.6 Å². The Labute approximate surface area is 95.6 Å². The normalized spacial score (nSPS) is 31.6. The molecule has 0 spiro atoms. The predicted octanol–water partition coefficient (Wildman–Crippen LogP) is -3.38. The van der Waals surface area contributed by atoms with Crippen LogP contribution in [-0.4, -0.2) is 48.5 Å². The number of rotatable bonds is 2. The van der Waals surface area contributed by atoms with E-state index in [1.165, 1.54) is 5.06 Å². The molecule has 1 fully saturated rings. The van der Waals surface area contributed by atoms with Crippen LogP contribution in [0, 0.1) is 10.2 Å². The van der Waals surface area contributed by atoms with E-state index in [9.17, 15) is 14.0 Å². The molecule has 2 rings (SSSR count). The Kier molecular flexibility index (Phi) is 3.34. The second-order valence-corrected chi connectivity index (χ2v) is 4.96. The van der Waals surface area contributed by atoms with E-state index in [1.54, 1.807) is 6.34 Å². The van der Waals surface area contributed by atoms with Crippen molar-refractivity contribution in [1.29, 1.82) is 0 Å². The second kappa shape index (κ2) is 4.44. The van der Waals surface area contributed by atoms with E-state index in [0.717, 1.165) is 12.8 Å². The maximum absolute atomic E-state index is 10.6. The smallest absolute Gasteiger partial charge is 0.179 e. The van der Waals surface area contributed by atoms with Crippen molar-refractivity contribution in [3.63, 3.8) is 0 Å². The quantitative estimate of drug-likeness (QED) is 0.508. The van der Waals surface area contributed by atoms with Gasteiger partial charge in [-0.3, -0.25) is 4.99 Å². The summed E-state index contributed by atoms with van der Waals surface area (Å²) in [5.74, 6) is 0. The van der Waals surface area contributed by atoms with Crippen LogP contribution in [0.1, 0.15) is 12.8 Å². The highest BCUT2D eigenvalue weighted by Crippen LogP contribution is 2.24. The van der Waals surface area contributed by atoms with E-state index in [2.05, 4.69) is 9.38 Å². The molecule has 2 aliphatic heterocycles. The zero-order valence-corrected chi connectivity index (χ0v) is 9.67. The molecule has 0 aromatic heterocycles. The van der Waals surface area contributed by atoms with Crippen LogP contribution in [0.15, 0.2) is 4.99 Å². The zero-order valence-electron chi connectivity index (χ0n) is 8.91. The number of fused-ring (bicyclic) bond motifs is 1. The van der Waals surface area contributed by atoms with Crippen molar-refractivity contribution in [2.75, 3.05) is 20.1 Å². The third-order valence-electron chi connectivity index (χ3n) is 2.80. The number of likely N-dealkylation sites (N-methyl/N-ethyl adjacent to an activating group) is 1. The molecular weight excluding hydrogens is 238 g/mol. The maximum atomic E-state index is 10.6. The molecule has 0 aromatic rings. The van der Waals surface area contributed by atoms with Gasteiger partial charge in [0.15, 0.2) is 4.39 Å². The average molecular weight is 252 g/mol. The van der Waals surface area contributed by atoms with Crippen LogP contribution < -0.4 is 14.0 Å². The SMILES string of the molecule is CN1C=NC2CCCN(O[Cl+3]([O-])([O-])[O-])C2C1. The Hall–Kier alpha value is -0.440. The van der Waals surface area contributed by atoms with Crippen LogP contribution in [0.3, 0.4) is 0 Å². The van der Waals surface area contributed by atoms with Crippen molar-refractivity contribution in [1.82, 2.24) is 9.96 Å². The van der Waals surface area contributed by atoms with Gasteiger partial charge in [0.2, 0.25) is 0 Å². The van der Waals surface area contributed by atoms with Gasteiger partial charge in [-0.15, -0.1) is 0 Å². The van der Waals surface area contributed by atoms with Gasteiger partial charge in [-0.05, 0) is 17.9 Å². The molecule has 1 saturated heterocycles. The summed E-state index contributed by atoms with van der Waals surface area (Å²) in [5, 5.41) is 1.24. The second-order valence-electron chi connectivity index (χ2n) is 4.07. The molecule has 2 aliphatic rings. The minimum Gasteiger partial charge on any atom is -0.364 e. The van der Waals surface area contributed by atoms with E-state index in [-0.39, 0.29) is 12.1 Å². The maximum Gasteiger partial charge on any atom is 0.179 e. The lowest BCUT2D eigenvalue weighted by molar-refractivity contribution is -1.93. The molecule has 2 atom stereocenters. The molecule has 0 amide bonds. The van der Waals surface area contributed by atoms with Gasteiger partial charge in [0, 0.05) is 20.1 Å². The number of hydrogen-bond donors (Lipinski definition) is 0. The monoisotopic (exact) mass is 251 g/mol. The van der Waals surface area contributed by atoms with Gasteiger partial charge in [0.1, 0.15) is 10.2 Å². The summed E-state index contributed by atoms with van der Waals surface area (Å²) in [6, 6.07) is -0.151. The molecule has 8 heteroatoms. The Bertz CT molecular complexity index is 283. The van der Waals surface area contributed by atoms with Gasteiger partial charge in [-0.25, -0.2) is 0 Å². The summed E-state index contributed by atoms with van der Waals surface area (Å²) in [7, 11) is -2.57. The van der Waals surface area contributed by atoms with Crippen molar-refractivity contribution in [3.05, 3.63) is 0 Å². The molecule has 2 heterocycles. The first kappa shape index (κ1) is 12.0. The molecular formula is C8H14ClN3O4. The lowest BCUT2D eigenvalue weighted by atomic mass is 9.97. The standard InChI is InChI=1S/C8H14ClN3O4/c1-11-5-8-7(10-6-11)3-2-4-12(8)16-9(13,14)15/h6-8H,2-5H2,1H3. The molecule has 16 heavy (non-hydrogen) atoms. The van der Waals surface area contributed by atoms with Gasteiger partial charge in [-0.1, -0.05) is 0 Å². The molecule has 2 unspecified atom stereocenters. The minimum atomic E-state index is -4.41. The highest BCUT2D eigenvalue weighted by molar-refractivity contribution is 5.56. The van der Waals surface area contributed by atoms with Crippen LogP contribution >= 0.6 is 0 Å². The molecule has 0 aromatic carbocycles.